The van der Waals surface area contributed by atoms with Gasteiger partial charge < -0.3 is 10.6 Å². The number of thiazole rings is 1. The lowest BCUT2D eigenvalue weighted by Gasteiger charge is -2.31. The highest BCUT2D eigenvalue weighted by Gasteiger charge is 2.20. The molecule has 1 fully saturated rings. The molecule has 0 saturated carbocycles. The Labute approximate surface area is 165 Å². The predicted octanol–water partition coefficient (Wildman–Crippen LogP) is 3.12. The summed E-state index contributed by atoms with van der Waals surface area (Å²) in [5, 5.41) is 9.36. The maximum Gasteiger partial charge on any atom is 0.315 e. The molecule has 7 heteroatoms. The summed E-state index contributed by atoms with van der Waals surface area (Å²) >= 11 is 1.76. The van der Waals surface area contributed by atoms with Crippen LogP contribution in [-0.4, -0.2) is 40.5 Å². The molecule has 0 radical (unpaired) electrons. The van der Waals surface area contributed by atoms with Crippen molar-refractivity contribution in [2.45, 2.75) is 46.2 Å². The summed E-state index contributed by atoms with van der Waals surface area (Å²) in [5.41, 5.74) is 3.39. The first-order valence-corrected chi connectivity index (χ1v) is 10.6. The molecule has 1 aliphatic rings. The van der Waals surface area contributed by atoms with Crippen LogP contribution >= 0.6 is 11.3 Å². The zero-order chi connectivity index (χ0) is 19.1. The molecule has 1 aliphatic heterocycles. The number of carbonyl (C=O) groups excluding carboxylic acids is 1. The van der Waals surface area contributed by atoms with Crippen LogP contribution in [0.1, 0.15) is 41.6 Å². The number of carbonyl (C=O) groups is 1. The number of likely N-dealkylation sites (tertiary alicyclic amines) is 1. The minimum absolute atomic E-state index is 0.0942. The molecule has 0 spiro atoms. The average Bonchev–Trinajstić information content (AvgIpc) is 3.14. The summed E-state index contributed by atoms with van der Waals surface area (Å²) in [5.74, 6) is 0.552. The van der Waals surface area contributed by atoms with Crippen molar-refractivity contribution >= 4 is 17.4 Å². The van der Waals surface area contributed by atoms with Gasteiger partial charge in [0.1, 0.15) is 0 Å². The number of pyridine rings is 1. The Morgan fingerprint density at radius 1 is 1.33 bits per heavy atom. The van der Waals surface area contributed by atoms with Gasteiger partial charge in [0.15, 0.2) is 0 Å². The fourth-order valence-electron chi connectivity index (χ4n) is 3.34. The van der Waals surface area contributed by atoms with E-state index < -0.39 is 0 Å². The lowest BCUT2D eigenvalue weighted by atomic mass is 9.97. The SMILES string of the molecule is CCc1nc(CN2CCC(CNC(=O)NCc3ccncc3C)CC2)cs1. The van der Waals surface area contributed by atoms with Crippen LogP contribution in [0, 0.1) is 12.8 Å². The number of piperidine rings is 1. The molecule has 3 rings (SSSR count). The van der Waals surface area contributed by atoms with Gasteiger partial charge in [-0.05, 0) is 62.4 Å². The topological polar surface area (TPSA) is 70.2 Å². The number of amides is 2. The molecule has 146 valence electrons. The quantitative estimate of drug-likeness (QED) is 0.766. The van der Waals surface area contributed by atoms with Crippen molar-refractivity contribution in [2.24, 2.45) is 5.92 Å². The van der Waals surface area contributed by atoms with E-state index in [0.717, 1.165) is 56.6 Å². The molecule has 0 atom stereocenters. The summed E-state index contributed by atoms with van der Waals surface area (Å²) in [7, 11) is 0. The maximum absolute atomic E-state index is 12.1. The van der Waals surface area contributed by atoms with Crippen molar-refractivity contribution in [2.75, 3.05) is 19.6 Å². The zero-order valence-corrected chi connectivity index (χ0v) is 17.0. The Bertz CT molecular complexity index is 739. The van der Waals surface area contributed by atoms with Crippen molar-refractivity contribution in [3.8, 4) is 0 Å². The summed E-state index contributed by atoms with van der Waals surface area (Å²) in [6.45, 7) is 8.52. The van der Waals surface area contributed by atoms with Crippen LogP contribution in [0.2, 0.25) is 0 Å². The Kier molecular flexibility index (Phi) is 7.18. The molecule has 0 bridgehead atoms. The molecule has 6 nitrogen and oxygen atoms in total. The average molecular weight is 388 g/mol. The summed E-state index contributed by atoms with van der Waals surface area (Å²) in [4.78, 5) is 23.3. The molecule has 0 aromatic carbocycles. The minimum atomic E-state index is -0.0942. The Morgan fingerprint density at radius 3 is 2.85 bits per heavy atom. The van der Waals surface area contributed by atoms with E-state index in [4.69, 9.17) is 0 Å². The summed E-state index contributed by atoms with van der Waals surface area (Å²) in [6, 6.07) is 1.85. The Hall–Kier alpha value is -1.99. The predicted molar refractivity (Wildman–Crippen MR) is 109 cm³/mol. The van der Waals surface area contributed by atoms with Gasteiger partial charge in [-0.1, -0.05) is 6.92 Å². The standard InChI is InChI=1S/C20H29N5OS/c1-3-19-24-18(14-27-19)13-25-8-5-16(6-9-25)11-22-20(26)23-12-17-4-7-21-10-15(17)2/h4,7,10,14,16H,3,5-6,8-9,11-13H2,1-2H3,(H2,22,23,26). The lowest BCUT2D eigenvalue weighted by molar-refractivity contribution is 0.173. The number of nitrogens with one attached hydrogen (secondary N) is 2. The van der Waals surface area contributed by atoms with Crippen LogP contribution in [0.5, 0.6) is 0 Å². The highest BCUT2D eigenvalue weighted by atomic mass is 32.1. The molecule has 0 aliphatic carbocycles. The van der Waals surface area contributed by atoms with E-state index in [1.807, 2.05) is 19.2 Å². The molecule has 1 saturated heterocycles. The van der Waals surface area contributed by atoms with Gasteiger partial charge in [0, 0.05) is 37.4 Å². The third kappa shape index (κ3) is 6.01. The number of aromatic nitrogens is 2. The molecule has 2 N–H and O–H groups in total. The fourth-order valence-corrected chi connectivity index (χ4v) is 4.07. The second-order valence-electron chi connectivity index (χ2n) is 7.17. The molecule has 2 aromatic heterocycles. The first-order chi connectivity index (χ1) is 13.1. The number of hydrogen-bond acceptors (Lipinski definition) is 5. The van der Waals surface area contributed by atoms with Gasteiger partial charge in [0.2, 0.25) is 0 Å². The maximum atomic E-state index is 12.1. The van der Waals surface area contributed by atoms with E-state index in [-0.39, 0.29) is 6.03 Å². The first-order valence-electron chi connectivity index (χ1n) is 9.71. The molecular formula is C20H29N5OS. The van der Waals surface area contributed by atoms with Gasteiger partial charge in [0.05, 0.1) is 10.7 Å². The van der Waals surface area contributed by atoms with Crippen molar-refractivity contribution < 1.29 is 4.79 Å². The molecular weight excluding hydrogens is 358 g/mol. The third-order valence-electron chi connectivity index (χ3n) is 5.12. The van der Waals surface area contributed by atoms with E-state index in [1.54, 1.807) is 17.5 Å². The van der Waals surface area contributed by atoms with Crippen LogP contribution in [0.15, 0.2) is 23.8 Å². The largest absolute Gasteiger partial charge is 0.338 e. The van der Waals surface area contributed by atoms with Crippen molar-refractivity contribution in [1.29, 1.82) is 0 Å². The summed E-state index contributed by atoms with van der Waals surface area (Å²) in [6.07, 6.45) is 6.83. The van der Waals surface area contributed by atoms with Gasteiger partial charge in [-0.3, -0.25) is 9.88 Å². The molecule has 2 aromatic rings. The van der Waals surface area contributed by atoms with E-state index in [2.05, 4.69) is 37.8 Å². The molecule has 27 heavy (non-hydrogen) atoms. The van der Waals surface area contributed by atoms with Crippen LogP contribution in [0.3, 0.4) is 0 Å². The number of urea groups is 1. The monoisotopic (exact) mass is 387 g/mol. The smallest absolute Gasteiger partial charge is 0.315 e. The first kappa shape index (κ1) is 19.8. The van der Waals surface area contributed by atoms with Crippen molar-refractivity contribution in [3.05, 3.63) is 45.7 Å². The van der Waals surface area contributed by atoms with Gasteiger partial charge >= 0.3 is 6.03 Å². The third-order valence-corrected chi connectivity index (χ3v) is 6.16. The minimum Gasteiger partial charge on any atom is -0.338 e. The van der Waals surface area contributed by atoms with Crippen LogP contribution in [0.25, 0.3) is 0 Å². The molecule has 2 amide bonds. The fraction of sp³-hybridized carbons (Fsp3) is 0.550. The van der Waals surface area contributed by atoms with Gasteiger partial charge in [-0.15, -0.1) is 11.3 Å². The van der Waals surface area contributed by atoms with Crippen LogP contribution in [0.4, 0.5) is 4.79 Å². The van der Waals surface area contributed by atoms with Crippen LogP contribution in [-0.2, 0) is 19.5 Å². The lowest BCUT2D eigenvalue weighted by Crippen LogP contribution is -2.41. The second kappa shape index (κ2) is 9.80. The van der Waals surface area contributed by atoms with E-state index >= 15 is 0 Å². The number of hydrogen-bond donors (Lipinski definition) is 2. The molecule has 0 unspecified atom stereocenters. The van der Waals surface area contributed by atoms with Gasteiger partial charge in [-0.25, -0.2) is 9.78 Å². The number of aryl methyl sites for hydroxylation is 2. The number of nitrogens with zero attached hydrogens (tertiary/aromatic N) is 3. The molecule has 3 heterocycles. The highest BCUT2D eigenvalue weighted by Crippen LogP contribution is 2.19. The highest BCUT2D eigenvalue weighted by molar-refractivity contribution is 7.09. The zero-order valence-electron chi connectivity index (χ0n) is 16.2. The van der Waals surface area contributed by atoms with Gasteiger partial charge in [-0.2, -0.15) is 0 Å². The normalized spacial score (nSPS) is 15.6. The van der Waals surface area contributed by atoms with E-state index in [9.17, 15) is 4.79 Å². The van der Waals surface area contributed by atoms with E-state index in [0.29, 0.717) is 12.5 Å². The van der Waals surface area contributed by atoms with Crippen molar-refractivity contribution in [1.82, 2.24) is 25.5 Å². The Balaban J connectivity index is 1.33. The second-order valence-corrected chi connectivity index (χ2v) is 8.11. The van der Waals surface area contributed by atoms with E-state index in [1.165, 1.54) is 10.7 Å². The summed E-state index contributed by atoms with van der Waals surface area (Å²) < 4.78 is 0. The number of rotatable bonds is 7. The van der Waals surface area contributed by atoms with Crippen molar-refractivity contribution in [3.63, 3.8) is 0 Å². The Morgan fingerprint density at radius 2 is 2.15 bits per heavy atom. The van der Waals surface area contributed by atoms with Crippen LogP contribution < -0.4 is 10.6 Å². The van der Waals surface area contributed by atoms with Gasteiger partial charge in [0.25, 0.3) is 0 Å².